The largest absolute Gasteiger partial charge is 0.385 e. The molecule has 84 valence electrons. The van der Waals surface area contributed by atoms with Gasteiger partial charge in [0.15, 0.2) is 0 Å². The number of hydrogen-bond donors (Lipinski definition) is 1. The number of hydrogen-bond acceptors (Lipinski definition) is 4. The van der Waals surface area contributed by atoms with E-state index in [0.717, 1.165) is 26.0 Å². The minimum absolute atomic E-state index is 0.512. The van der Waals surface area contributed by atoms with E-state index in [9.17, 15) is 0 Å². The lowest BCUT2D eigenvalue weighted by Crippen LogP contribution is -2.13. The van der Waals surface area contributed by atoms with Gasteiger partial charge < -0.3 is 10.1 Å². The van der Waals surface area contributed by atoms with Crippen LogP contribution in [0.15, 0.2) is 5.38 Å². The van der Waals surface area contributed by atoms with Crippen molar-refractivity contribution >= 4 is 11.3 Å². The first-order chi connectivity index (χ1) is 7.40. The number of aryl methyl sites for hydroxylation is 1. The third-order valence-electron chi connectivity index (χ3n) is 2.73. The highest BCUT2D eigenvalue weighted by molar-refractivity contribution is 7.09. The number of aromatic nitrogens is 1. The van der Waals surface area contributed by atoms with Crippen molar-refractivity contribution in [2.24, 2.45) is 0 Å². The van der Waals surface area contributed by atoms with Crippen LogP contribution in [0.25, 0.3) is 0 Å². The first-order valence-corrected chi connectivity index (χ1v) is 6.44. The quantitative estimate of drug-likeness (QED) is 0.781. The molecule has 0 aliphatic carbocycles. The fourth-order valence-electron chi connectivity index (χ4n) is 1.90. The molecule has 2 rings (SSSR count). The Labute approximate surface area is 94.9 Å². The second-order valence-electron chi connectivity index (χ2n) is 3.91. The summed E-state index contributed by atoms with van der Waals surface area (Å²) in [6.45, 7) is 1.97. The zero-order chi connectivity index (χ0) is 10.5. The number of ether oxygens (including phenoxy) is 1. The number of methoxy groups -OCH3 is 1. The Bertz CT molecular complexity index is 295. The fraction of sp³-hybridized carbons (Fsp3) is 0.727. The van der Waals surface area contributed by atoms with Crippen LogP contribution in [-0.4, -0.2) is 25.2 Å². The molecule has 0 amide bonds. The molecule has 1 aromatic rings. The molecular formula is C11H18N2OS. The van der Waals surface area contributed by atoms with E-state index in [1.54, 1.807) is 18.4 Å². The summed E-state index contributed by atoms with van der Waals surface area (Å²) in [6.07, 6.45) is 4.63. The number of rotatable bonds is 5. The number of nitrogens with one attached hydrogen (secondary N) is 1. The Kier molecular flexibility index (Phi) is 4.11. The first-order valence-electron chi connectivity index (χ1n) is 5.57. The molecule has 0 spiro atoms. The van der Waals surface area contributed by atoms with Crippen molar-refractivity contribution < 1.29 is 4.74 Å². The van der Waals surface area contributed by atoms with Gasteiger partial charge in [-0.2, -0.15) is 0 Å². The molecule has 2 heterocycles. The lowest BCUT2D eigenvalue weighted by Gasteiger charge is -2.04. The summed E-state index contributed by atoms with van der Waals surface area (Å²) in [4.78, 5) is 4.66. The number of thiazole rings is 1. The van der Waals surface area contributed by atoms with Crippen LogP contribution < -0.4 is 5.32 Å². The fourth-order valence-corrected chi connectivity index (χ4v) is 2.80. The van der Waals surface area contributed by atoms with E-state index in [1.165, 1.54) is 23.5 Å². The topological polar surface area (TPSA) is 34.1 Å². The second-order valence-corrected chi connectivity index (χ2v) is 4.85. The zero-order valence-electron chi connectivity index (χ0n) is 9.16. The van der Waals surface area contributed by atoms with Crippen molar-refractivity contribution in [2.45, 2.75) is 31.7 Å². The molecule has 1 aliphatic rings. The summed E-state index contributed by atoms with van der Waals surface area (Å²) >= 11 is 1.78. The van der Waals surface area contributed by atoms with Crippen LogP contribution in [0.4, 0.5) is 0 Å². The predicted molar refractivity (Wildman–Crippen MR) is 62.3 cm³/mol. The highest BCUT2D eigenvalue weighted by Gasteiger charge is 2.18. The Balaban J connectivity index is 1.86. The third kappa shape index (κ3) is 3.00. The minimum Gasteiger partial charge on any atom is -0.385 e. The lowest BCUT2D eigenvalue weighted by molar-refractivity contribution is 0.195. The summed E-state index contributed by atoms with van der Waals surface area (Å²) < 4.78 is 5.03. The maximum atomic E-state index is 5.03. The molecule has 4 heteroatoms. The van der Waals surface area contributed by atoms with Gasteiger partial charge in [-0.15, -0.1) is 11.3 Å². The SMILES string of the molecule is COCCCc1nc([C@@H]2CCCN2)cs1. The van der Waals surface area contributed by atoms with E-state index >= 15 is 0 Å². The van der Waals surface area contributed by atoms with E-state index in [1.807, 2.05) is 0 Å². The van der Waals surface area contributed by atoms with Crippen LogP contribution in [0, 0.1) is 0 Å². The molecule has 1 aliphatic heterocycles. The zero-order valence-corrected chi connectivity index (χ0v) is 9.98. The van der Waals surface area contributed by atoms with Gasteiger partial charge in [0.2, 0.25) is 0 Å². The normalized spacial score (nSPS) is 21.0. The van der Waals surface area contributed by atoms with Crippen LogP contribution in [0.2, 0.25) is 0 Å². The van der Waals surface area contributed by atoms with Gasteiger partial charge >= 0.3 is 0 Å². The minimum atomic E-state index is 0.512. The van der Waals surface area contributed by atoms with E-state index in [0.29, 0.717) is 6.04 Å². The van der Waals surface area contributed by atoms with Crippen molar-refractivity contribution in [2.75, 3.05) is 20.3 Å². The van der Waals surface area contributed by atoms with Crippen LogP contribution in [0.3, 0.4) is 0 Å². The van der Waals surface area contributed by atoms with Gasteiger partial charge in [0.05, 0.1) is 16.7 Å². The highest BCUT2D eigenvalue weighted by atomic mass is 32.1. The number of nitrogens with zero attached hydrogens (tertiary/aromatic N) is 1. The Morgan fingerprint density at radius 2 is 2.60 bits per heavy atom. The molecule has 1 atom stereocenters. The van der Waals surface area contributed by atoms with E-state index in [-0.39, 0.29) is 0 Å². The standard InChI is InChI=1S/C11H18N2OS/c1-14-7-3-5-11-13-10(8-15-11)9-4-2-6-12-9/h8-9,12H,2-7H2,1H3/t9-/m0/s1. The molecule has 3 nitrogen and oxygen atoms in total. The predicted octanol–water partition coefficient (Wildman–Crippen LogP) is 2.15. The Hall–Kier alpha value is -0.450. The van der Waals surface area contributed by atoms with Gasteiger partial charge in [0, 0.05) is 25.5 Å². The van der Waals surface area contributed by atoms with Gasteiger partial charge in [0.1, 0.15) is 0 Å². The van der Waals surface area contributed by atoms with E-state index in [4.69, 9.17) is 4.74 Å². The maximum absolute atomic E-state index is 5.03. The summed E-state index contributed by atoms with van der Waals surface area (Å²) in [5.74, 6) is 0. The molecule has 1 fully saturated rings. The van der Waals surface area contributed by atoms with Crippen molar-refractivity contribution in [3.8, 4) is 0 Å². The van der Waals surface area contributed by atoms with Gasteiger partial charge in [-0.1, -0.05) is 0 Å². The van der Waals surface area contributed by atoms with Crippen molar-refractivity contribution in [1.82, 2.24) is 10.3 Å². The molecule has 0 unspecified atom stereocenters. The van der Waals surface area contributed by atoms with Crippen molar-refractivity contribution in [1.29, 1.82) is 0 Å². The average Bonchev–Trinajstić information content (AvgIpc) is 2.87. The summed E-state index contributed by atoms with van der Waals surface area (Å²) in [7, 11) is 1.75. The second kappa shape index (κ2) is 5.58. The van der Waals surface area contributed by atoms with Crippen LogP contribution >= 0.6 is 11.3 Å². The molecule has 0 aromatic carbocycles. The van der Waals surface area contributed by atoms with Crippen molar-refractivity contribution in [3.63, 3.8) is 0 Å². The Morgan fingerprint density at radius 3 is 3.33 bits per heavy atom. The van der Waals surface area contributed by atoms with Gasteiger partial charge in [-0.3, -0.25) is 0 Å². The lowest BCUT2D eigenvalue weighted by atomic mass is 10.2. The molecular weight excluding hydrogens is 208 g/mol. The third-order valence-corrected chi connectivity index (χ3v) is 3.65. The summed E-state index contributed by atoms with van der Waals surface area (Å²) in [5.41, 5.74) is 1.24. The maximum Gasteiger partial charge on any atom is 0.0929 e. The van der Waals surface area contributed by atoms with E-state index in [2.05, 4.69) is 15.7 Å². The molecule has 0 bridgehead atoms. The first kappa shape index (κ1) is 11.0. The van der Waals surface area contributed by atoms with Crippen LogP contribution in [0.5, 0.6) is 0 Å². The average molecular weight is 226 g/mol. The highest BCUT2D eigenvalue weighted by Crippen LogP contribution is 2.24. The Morgan fingerprint density at radius 1 is 1.67 bits per heavy atom. The molecule has 1 N–H and O–H groups in total. The van der Waals surface area contributed by atoms with Crippen molar-refractivity contribution in [3.05, 3.63) is 16.1 Å². The van der Waals surface area contributed by atoms with Gasteiger partial charge in [-0.05, 0) is 25.8 Å². The molecule has 1 saturated heterocycles. The van der Waals surface area contributed by atoms with E-state index < -0.39 is 0 Å². The van der Waals surface area contributed by atoms with Crippen LogP contribution in [-0.2, 0) is 11.2 Å². The molecule has 0 radical (unpaired) electrons. The molecule has 1 aromatic heterocycles. The summed E-state index contributed by atoms with van der Waals surface area (Å²) in [6, 6.07) is 0.512. The van der Waals surface area contributed by atoms with Gasteiger partial charge in [0.25, 0.3) is 0 Å². The molecule has 0 saturated carbocycles. The monoisotopic (exact) mass is 226 g/mol. The van der Waals surface area contributed by atoms with Gasteiger partial charge in [-0.25, -0.2) is 4.98 Å². The molecule has 15 heavy (non-hydrogen) atoms. The summed E-state index contributed by atoms with van der Waals surface area (Å²) in [5, 5.41) is 6.92. The smallest absolute Gasteiger partial charge is 0.0929 e. The van der Waals surface area contributed by atoms with Crippen LogP contribution in [0.1, 0.15) is 36.0 Å².